The lowest BCUT2D eigenvalue weighted by Crippen LogP contribution is -2.30. The lowest BCUT2D eigenvalue weighted by molar-refractivity contribution is 0.571. The molecule has 0 radical (unpaired) electrons. The predicted octanol–water partition coefficient (Wildman–Crippen LogP) is 4.43. The Morgan fingerprint density at radius 3 is 2.64 bits per heavy atom. The molecule has 2 aromatic heterocycles. The molecule has 0 aliphatic heterocycles. The van der Waals surface area contributed by atoms with Crippen molar-refractivity contribution in [1.82, 2.24) is 24.9 Å². The highest BCUT2D eigenvalue weighted by Crippen LogP contribution is 2.24. The van der Waals surface area contributed by atoms with Crippen LogP contribution in [-0.2, 0) is 13.1 Å². The predicted molar refractivity (Wildman–Crippen MR) is 118 cm³/mol. The molecule has 0 spiro atoms. The van der Waals surface area contributed by atoms with Crippen molar-refractivity contribution < 1.29 is 0 Å². The molecule has 3 rings (SSSR count). The van der Waals surface area contributed by atoms with Crippen LogP contribution in [0.4, 0.5) is 5.82 Å². The highest BCUT2D eigenvalue weighted by Gasteiger charge is 2.10. The van der Waals surface area contributed by atoms with Crippen LogP contribution in [0.5, 0.6) is 0 Å². The van der Waals surface area contributed by atoms with Crippen molar-refractivity contribution in [3.63, 3.8) is 0 Å². The van der Waals surface area contributed by atoms with E-state index in [1.54, 1.807) is 4.68 Å². The number of aromatic nitrogens is 4. The Balaban J connectivity index is 1.43. The van der Waals surface area contributed by atoms with Crippen LogP contribution in [0.3, 0.4) is 0 Å². The summed E-state index contributed by atoms with van der Waals surface area (Å²) < 4.78 is 3.59. The van der Waals surface area contributed by atoms with E-state index in [0.717, 1.165) is 18.7 Å². The number of benzene rings is 1. The zero-order chi connectivity index (χ0) is 20.1. The summed E-state index contributed by atoms with van der Waals surface area (Å²) in [5.74, 6) is 0.712. The third-order valence-corrected chi connectivity index (χ3v) is 5.48. The zero-order valence-electron chi connectivity index (χ0n) is 15.7. The summed E-state index contributed by atoms with van der Waals surface area (Å²) >= 11 is 17.5. The summed E-state index contributed by atoms with van der Waals surface area (Å²) in [5.41, 5.74) is 3.22. The Hall–Kier alpha value is -2.09. The van der Waals surface area contributed by atoms with E-state index in [1.165, 1.54) is 11.1 Å². The van der Waals surface area contributed by atoms with Gasteiger partial charge >= 0.3 is 0 Å². The molecule has 0 atom stereocenters. The second-order valence-electron chi connectivity index (χ2n) is 6.47. The standard InChI is InChI=1S/C19H22Cl2N6S/c1-13-6-3-4-7-15(13)12-26-11-8-16(25-26)23-19(28)22-9-5-10-27-18(21)17(20)14(2)24-27/h3-4,6-8,11H,5,9-10,12H2,1-2H3,(H2,22,23,25,28). The molecular weight excluding hydrogens is 415 g/mol. The van der Waals surface area contributed by atoms with E-state index in [-0.39, 0.29) is 0 Å². The van der Waals surface area contributed by atoms with Crippen LogP contribution in [0.2, 0.25) is 10.2 Å². The van der Waals surface area contributed by atoms with Crippen molar-refractivity contribution in [2.45, 2.75) is 33.4 Å². The largest absolute Gasteiger partial charge is 0.362 e. The highest BCUT2D eigenvalue weighted by atomic mass is 35.5. The first-order chi connectivity index (χ1) is 13.4. The number of nitrogens with zero attached hydrogens (tertiary/aromatic N) is 4. The summed E-state index contributed by atoms with van der Waals surface area (Å²) in [4.78, 5) is 0. The Morgan fingerprint density at radius 1 is 1.14 bits per heavy atom. The van der Waals surface area contributed by atoms with Gasteiger partial charge in [-0.1, -0.05) is 47.5 Å². The van der Waals surface area contributed by atoms with Crippen LogP contribution >= 0.6 is 35.4 Å². The fourth-order valence-electron chi connectivity index (χ4n) is 2.75. The molecule has 2 N–H and O–H groups in total. The lowest BCUT2D eigenvalue weighted by Gasteiger charge is -2.09. The molecule has 0 bridgehead atoms. The smallest absolute Gasteiger partial charge is 0.171 e. The van der Waals surface area contributed by atoms with Gasteiger partial charge in [0.15, 0.2) is 10.9 Å². The molecule has 0 fully saturated rings. The zero-order valence-corrected chi connectivity index (χ0v) is 18.1. The van der Waals surface area contributed by atoms with E-state index in [2.05, 4.69) is 39.9 Å². The molecule has 0 aliphatic carbocycles. The Morgan fingerprint density at radius 2 is 1.93 bits per heavy atom. The number of hydrogen-bond acceptors (Lipinski definition) is 3. The minimum Gasteiger partial charge on any atom is -0.362 e. The highest BCUT2D eigenvalue weighted by molar-refractivity contribution is 7.80. The van der Waals surface area contributed by atoms with Gasteiger partial charge in [-0.3, -0.25) is 9.36 Å². The maximum absolute atomic E-state index is 6.13. The molecular formula is C19H22Cl2N6S. The number of halogens is 2. The Kier molecular flexibility index (Phi) is 6.93. The van der Waals surface area contributed by atoms with Crippen LogP contribution in [0.1, 0.15) is 23.2 Å². The first kappa shape index (κ1) is 20.6. The summed E-state index contributed by atoms with van der Waals surface area (Å²) in [6, 6.07) is 10.2. The average Bonchev–Trinajstić information content (AvgIpc) is 3.20. The van der Waals surface area contributed by atoms with Gasteiger partial charge < -0.3 is 10.6 Å². The van der Waals surface area contributed by atoms with E-state index < -0.39 is 0 Å². The number of anilines is 1. The van der Waals surface area contributed by atoms with Crippen molar-refractivity contribution in [1.29, 1.82) is 0 Å². The van der Waals surface area contributed by atoms with Gasteiger partial charge in [0.05, 0.1) is 12.2 Å². The van der Waals surface area contributed by atoms with Gasteiger partial charge in [-0.15, -0.1) is 0 Å². The Bertz CT molecular complexity index is 965. The van der Waals surface area contributed by atoms with Gasteiger partial charge in [0.2, 0.25) is 0 Å². The molecule has 6 nitrogen and oxygen atoms in total. The number of rotatable bonds is 7. The molecule has 148 valence electrons. The molecule has 28 heavy (non-hydrogen) atoms. The SMILES string of the molecule is Cc1ccccc1Cn1ccc(NC(=S)NCCCn2nc(C)c(Cl)c2Cl)n1. The van der Waals surface area contributed by atoms with Gasteiger partial charge in [0.1, 0.15) is 10.2 Å². The van der Waals surface area contributed by atoms with Crippen molar-refractivity contribution in [3.05, 3.63) is 63.5 Å². The van der Waals surface area contributed by atoms with E-state index >= 15 is 0 Å². The van der Waals surface area contributed by atoms with Crippen molar-refractivity contribution in [2.75, 3.05) is 11.9 Å². The molecule has 3 aromatic rings. The number of aryl methyl sites for hydroxylation is 3. The van der Waals surface area contributed by atoms with E-state index in [4.69, 9.17) is 35.4 Å². The first-order valence-electron chi connectivity index (χ1n) is 8.95. The third kappa shape index (κ3) is 5.25. The van der Waals surface area contributed by atoms with E-state index in [0.29, 0.717) is 34.2 Å². The second-order valence-corrected chi connectivity index (χ2v) is 7.62. The van der Waals surface area contributed by atoms with Crippen LogP contribution < -0.4 is 10.6 Å². The van der Waals surface area contributed by atoms with Gasteiger partial charge in [0.25, 0.3) is 0 Å². The fraction of sp³-hybridized carbons (Fsp3) is 0.316. The fourth-order valence-corrected chi connectivity index (χ4v) is 3.35. The minimum atomic E-state index is 0.471. The second kappa shape index (κ2) is 9.41. The van der Waals surface area contributed by atoms with Gasteiger partial charge in [-0.05, 0) is 43.6 Å². The van der Waals surface area contributed by atoms with Crippen LogP contribution in [0, 0.1) is 13.8 Å². The third-order valence-electron chi connectivity index (χ3n) is 4.30. The first-order valence-corrected chi connectivity index (χ1v) is 10.1. The maximum atomic E-state index is 6.13. The number of thiocarbonyl (C=S) groups is 1. The van der Waals surface area contributed by atoms with Gasteiger partial charge in [-0.25, -0.2) is 0 Å². The van der Waals surface area contributed by atoms with Gasteiger partial charge in [-0.2, -0.15) is 10.2 Å². The summed E-state index contributed by atoms with van der Waals surface area (Å²) in [7, 11) is 0. The van der Waals surface area contributed by atoms with Gasteiger partial charge in [0, 0.05) is 25.4 Å². The summed E-state index contributed by atoms with van der Waals surface area (Å²) in [6.07, 6.45) is 2.74. The summed E-state index contributed by atoms with van der Waals surface area (Å²) in [5, 5.41) is 16.6. The van der Waals surface area contributed by atoms with E-state index in [1.807, 2.05) is 36.0 Å². The number of hydrogen-bond donors (Lipinski definition) is 2. The van der Waals surface area contributed by atoms with Crippen LogP contribution in [0.25, 0.3) is 0 Å². The molecule has 0 saturated carbocycles. The van der Waals surface area contributed by atoms with Crippen LogP contribution in [-0.4, -0.2) is 31.2 Å². The molecule has 1 aromatic carbocycles. The van der Waals surface area contributed by atoms with Crippen molar-refractivity contribution in [3.8, 4) is 0 Å². The minimum absolute atomic E-state index is 0.471. The molecule has 0 saturated heterocycles. The number of nitrogens with one attached hydrogen (secondary N) is 2. The molecule has 2 heterocycles. The molecule has 0 unspecified atom stereocenters. The molecule has 9 heteroatoms. The quantitative estimate of drug-likeness (QED) is 0.423. The van der Waals surface area contributed by atoms with Crippen molar-refractivity contribution in [2.24, 2.45) is 0 Å². The molecule has 0 amide bonds. The monoisotopic (exact) mass is 436 g/mol. The topological polar surface area (TPSA) is 59.7 Å². The maximum Gasteiger partial charge on any atom is 0.171 e. The van der Waals surface area contributed by atoms with Crippen molar-refractivity contribution >= 4 is 46.4 Å². The van der Waals surface area contributed by atoms with E-state index in [9.17, 15) is 0 Å². The normalized spacial score (nSPS) is 10.9. The van der Waals surface area contributed by atoms with Crippen LogP contribution in [0.15, 0.2) is 36.5 Å². The average molecular weight is 437 g/mol. The Labute approximate surface area is 179 Å². The lowest BCUT2D eigenvalue weighted by atomic mass is 10.1. The molecule has 0 aliphatic rings. The summed E-state index contributed by atoms with van der Waals surface area (Å²) in [6.45, 7) is 6.00.